The number of hydrogen-bond donors (Lipinski definition) is 3. The molecule has 150 valence electrons. The minimum absolute atomic E-state index is 0.0534. The average Bonchev–Trinajstić information content (AvgIpc) is 3.02. The first kappa shape index (κ1) is 19.6. The molecular formula is C18H24N6O4. The van der Waals surface area contributed by atoms with Crippen molar-refractivity contribution in [1.82, 2.24) is 25.5 Å². The van der Waals surface area contributed by atoms with E-state index in [0.29, 0.717) is 24.5 Å². The molecule has 0 aromatic carbocycles. The van der Waals surface area contributed by atoms with Gasteiger partial charge in [0.15, 0.2) is 0 Å². The summed E-state index contributed by atoms with van der Waals surface area (Å²) in [7, 11) is 0. The highest BCUT2D eigenvalue weighted by atomic mass is 16.6. The van der Waals surface area contributed by atoms with Gasteiger partial charge in [0.2, 0.25) is 0 Å². The van der Waals surface area contributed by atoms with Crippen LogP contribution >= 0.6 is 0 Å². The third-order valence-electron chi connectivity index (χ3n) is 4.30. The standard InChI is InChI=1S/C18H24N6O4/c1-10-14(7-13(23-22-10)12-8-19-16(26)21-15(12)25)24-6-5-11(9-24)20-17(27)28-18(2,3)4/h7-8,11H,5-6,9H2,1-4H3,(H,20,27)(H2,19,21,25,26). The summed E-state index contributed by atoms with van der Waals surface area (Å²) >= 11 is 0. The van der Waals surface area contributed by atoms with Gasteiger partial charge >= 0.3 is 11.8 Å². The second-order valence-corrected chi connectivity index (χ2v) is 7.76. The van der Waals surface area contributed by atoms with E-state index in [9.17, 15) is 14.4 Å². The van der Waals surface area contributed by atoms with Crippen LogP contribution in [0.25, 0.3) is 11.3 Å². The molecule has 1 fully saturated rings. The molecule has 10 nitrogen and oxygen atoms in total. The summed E-state index contributed by atoms with van der Waals surface area (Å²) in [5.74, 6) is 0. The highest BCUT2D eigenvalue weighted by Gasteiger charge is 2.27. The van der Waals surface area contributed by atoms with Gasteiger partial charge in [-0.2, -0.15) is 5.10 Å². The lowest BCUT2D eigenvalue weighted by Gasteiger charge is -2.23. The topological polar surface area (TPSA) is 133 Å². The molecule has 3 rings (SSSR count). The number of nitrogens with zero attached hydrogens (tertiary/aromatic N) is 3. The van der Waals surface area contributed by atoms with Gasteiger partial charge in [0.05, 0.1) is 23.0 Å². The minimum atomic E-state index is -0.579. The minimum Gasteiger partial charge on any atom is -0.444 e. The van der Waals surface area contributed by atoms with Crippen LogP contribution in [0.2, 0.25) is 0 Å². The van der Waals surface area contributed by atoms with Gasteiger partial charge in [0.1, 0.15) is 11.3 Å². The van der Waals surface area contributed by atoms with Gasteiger partial charge in [0.25, 0.3) is 5.56 Å². The molecule has 1 atom stereocenters. The molecule has 0 saturated carbocycles. The molecule has 1 saturated heterocycles. The van der Waals surface area contributed by atoms with Crippen LogP contribution in [0, 0.1) is 6.92 Å². The lowest BCUT2D eigenvalue weighted by molar-refractivity contribution is 0.0509. The third kappa shape index (κ3) is 4.56. The maximum atomic E-state index is 12.0. The zero-order valence-corrected chi connectivity index (χ0v) is 16.3. The molecule has 3 N–H and O–H groups in total. The number of anilines is 1. The number of hydrogen-bond acceptors (Lipinski definition) is 7. The summed E-state index contributed by atoms with van der Waals surface area (Å²) in [6.45, 7) is 8.60. The summed E-state index contributed by atoms with van der Waals surface area (Å²) in [4.78, 5) is 41.9. The number of alkyl carbamates (subject to hydrolysis) is 1. The molecule has 28 heavy (non-hydrogen) atoms. The van der Waals surface area contributed by atoms with Crippen LogP contribution in [0.4, 0.5) is 10.5 Å². The van der Waals surface area contributed by atoms with Crippen LogP contribution < -0.4 is 21.5 Å². The van der Waals surface area contributed by atoms with Gasteiger partial charge in [-0.3, -0.25) is 9.78 Å². The Hall–Kier alpha value is -3.17. The molecule has 3 heterocycles. The summed E-state index contributed by atoms with van der Waals surface area (Å²) in [6.07, 6.45) is 1.64. The van der Waals surface area contributed by atoms with Crippen LogP contribution in [0.1, 0.15) is 32.9 Å². The lowest BCUT2D eigenvalue weighted by Crippen LogP contribution is -2.40. The molecule has 1 aliphatic rings. The molecule has 0 radical (unpaired) electrons. The van der Waals surface area contributed by atoms with Crippen LogP contribution in [0.5, 0.6) is 0 Å². The van der Waals surface area contributed by atoms with Crippen molar-refractivity contribution in [2.75, 3.05) is 18.0 Å². The van der Waals surface area contributed by atoms with Crippen molar-refractivity contribution < 1.29 is 9.53 Å². The van der Waals surface area contributed by atoms with Gasteiger partial charge in [-0.15, -0.1) is 5.10 Å². The fourth-order valence-electron chi connectivity index (χ4n) is 3.07. The van der Waals surface area contributed by atoms with Crippen LogP contribution in [-0.2, 0) is 4.74 Å². The second kappa shape index (κ2) is 7.45. The summed E-state index contributed by atoms with van der Waals surface area (Å²) in [5, 5.41) is 11.1. The largest absolute Gasteiger partial charge is 0.444 e. The summed E-state index contributed by atoms with van der Waals surface area (Å²) in [6, 6.07) is 1.71. The van der Waals surface area contributed by atoms with E-state index in [1.807, 2.05) is 27.7 Å². The zero-order valence-electron chi connectivity index (χ0n) is 16.3. The van der Waals surface area contributed by atoms with E-state index >= 15 is 0 Å². The number of rotatable bonds is 3. The molecule has 2 aromatic rings. The average molecular weight is 388 g/mol. The number of carbonyl (C=O) groups excluding carboxylic acids is 1. The van der Waals surface area contributed by atoms with Gasteiger partial charge in [-0.05, 0) is 40.2 Å². The van der Waals surface area contributed by atoms with Crippen LogP contribution in [-0.4, -0.2) is 51.0 Å². The Morgan fingerprint density at radius 1 is 1.32 bits per heavy atom. The van der Waals surface area contributed by atoms with Crippen LogP contribution in [0.15, 0.2) is 21.9 Å². The number of H-pyrrole nitrogens is 2. The normalized spacial score (nSPS) is 16.9. The van der Waals surface area contributed by atoms with Crippen molar-refractivity contribution >= 4 is 11.8 Å². The monoisotopic (exact) mass is 388 g/mol. The molecule has 2 aromatic heterocycles. The molecule has 10 heteroatoms. The number of aromatic amines is 2. The summed E-state index contributed by atoms with van der Waals surface area (Å²) in [5.41, 5.74) is 0.472. The predicted molar refractivity (Wildman–Crippen MR) is 103 cm³/mol. The molecule has 1 aliphatic heterocycles. The summed E-state index contributed by atoms with van der Waals surface area (Å²) < 4.78 is 5.31. The Kier molecular flexibility index (Phi) is 5.21. The SMILES string of the molecule is Cc1nnc(-c2c[nH]c(=O)[nH]c2=O)cc1N1CCC(NC(=O)OC(C)(C)C)C1. The highest BCUT2D eigenvalue weighted by Crippen LogP contribution is 2.26. The number of nitrogens with one attached hydrogen (secondary N) is 3. The van der Waals surface area contributed by atoms with E-state index in [1.54, 1.807) is 6.07 Å². The zero-order chi connectivity index (χ0) is 20.5. The fourth-order valence-corrected chi connectivity index (χ4v) is 3.07. The maximum absolute atomic E-state index is 12.0. The van der Waals surface area contributed by atoms with E-state index in [0.717, 1.165) is 12.1 Å². The van der Waals surface area contributed by atoms with Gasteiger partial charge in [0, 0.05) is 19.3 Å². The molecule has 0 aliphatic carbocycles. The first-order valence-electron chi connectivity index (χ1n) is 9.03. The quantitative estimate of drug-likeness (QED) is 0.712. The first-order chi connectivity index (χ1) is 13.1. The number of aryl methyl sites for hydroxylation is 1. The number of carbonyl (C=O) groups is 1. The maximum Gasteiger partial charge on any atom is 0.407 e. The molecule has 0 spiro atoms. The molecule has 0 bridgehead atoms. The Morgan fingerprint density at radius 3 is 2.75 bits per heavy atom. The van der Waals surface area contributed by atoms with E-state index in [-0.39, 0.29) is 11.6 Å². The van der Waals surface area contributed by atoms with E-state index < -0.39 is 22.9 Å². The van der Waals surface area contributed by atoms with Crippen LogP contribution in [0.3, 0.4) is 0 Å². The molecular weight excluding hydrogens is 364 g/mol. The van der Waals surface area contributed by atoms with Gasteiger partial charge < -0.3 is 19.9 Å². The third-order valence-corrected chi connectivity index (χ3v) is 4.30. The number of ether oxygens (including phenoxy) is 1. The van der Waals surface area contributed by atoms with Gasteiger partial charge in [-0.1, -0.05) is 0 Å². The van der Waals surface area contributed by atoms with Gasteiger partial charge in [-0.25, -0.2) is 9.59 Å². The Balaban J connectivity index is 1.76. The van der Waals surface area contributed by atoms with Crippen molar-refractivity contribution in [3.63, 3.8) is 0 Å². The van der Waals surface area contributed by atoms with Crippen molar-refractivity contribution in [3.8, 4) is 11.3 Å². The smallest absolute Gasteiger partial charge is 0.407 e. The predicted octanol–water partition coefficient (Wildman–Crippen LogP) is 0.932. The van der Waals surface area contributed by atoms with Crippen molar-refractivity contribution in [2.45, 2.75) is 45.8 Å². The highest BCUT2D eigenvalue weighted by molar-refractivity contribution is 5.69. The van der Waals surface area contributed by atoms with E-state index in [4.69, 9.17) is 4.74 Å². The van der Waals surface area contributed by atoms with E-state index in [1.165, 1.54) is 6.20 Å². The second-order valence-electron chi connectivity index (χ2n) is 7.76. The number of aromatic nitrogens is 4. The number of amides is 1. The Morgan fingerprint density at radius 2 is 2.07 bits per heavy atom. The lowest BCUT2D eigenvalue weighted by atomic mass is 10.2. The Bertz CT molecular complexity index is 991. The van der Waals surface area contributed by atoms with Crippen molar-refractivity contribution in [1.29, 1.82) is 0 Å². The van der Waals surface area contributed by atoms with Crippen molar-refractivity contribution in [2.24, 2.45) is 0 Å². The van der Waals surface area contributed by atoms with Crippen molar-refractivity contribution in [3.05, 3.63) is 38.8 Å². The molecule has 1 unspecified atom stereocenters. The molecule has 1 amide bonds. The first-order valence-corrected chi connectivity index (χ1v) is 9.03. The fraction of sp³-hybridized carbons (Fsp3) is 0.500. The van der Waals surface area contributed by atoms with E-state index in [2.05, 4.69) is 30.4 Å². The Labute approximate surface area is 161 Å².